The van der Waals surface area contributed by atoms with Crippen LogP contribution in [0.5, 0.6) is 0 Å². The van der Waals surface area contributed by atoms with Gasteiger partial charge in [0.25, 0.3) is 0 Å². The molecule has 0 fully saturated rings. The molecular formula is C6H10N4O. The SMILES string of the molecule is CN=C(NN)c1cc(C)no1. The van der Waals surface area contributed by atoms with Crippen LogP contribution < -0.4 is 11.3 Å². The van der Waals surface area contributed by atoms with Gasteiger partial charge < -0.3 is 9.95 Å². The lowest BCUT2D eigenvalue weighted by Crippen LogP contribution is -2.30. The van der Waals surface area contributed by atoms with Crippen molar-refractivity contribution in [2.45, 2.75) is 6.92 Å². The van der Waals surface area contributed by atoms with Crippen molar-refractivity contribution in [2.75, 3.05) is 7.05 Å². The van der Waals surface area contributed by atoms with Crippen LogP contribution in [0, 0.1) is 6.92 Å². The molecule has 1 rings (SSSR count). The smallest absolute Gasteiger partial charge is 0.202 e. The number of aromatic nitrogens is 1. The van der Waals surface area contributed by atoms with Crippen molar-refractivity contribution in [2.24, 2.45) is 10.8 Å². The molecule has 0 aliphatic rings. The number of hydrazine groups is 1. The fourth-order valence-electron chi connectivity index (χ4n) is 0.721. The Morgan fingerprint density at radius 1 is 1.82 bits per heavy atom. The first kappa shape index (κ1) is 7.74. The van der Waals surface area contributed by atoms with E-state index in [0.29, 0.717) is 11.6 Å². The molecule has 1 aromatic heterocycles. The number of hydrogen-bond donors (Lipinski definition) is 2. The zero-order valence-corrected chi connectivity index (χ0v) is 6.46. The summed E-state index contributed by atoms with van der Waals surface area (Å²) in [6.45, 7) is 1.83. The van der Waals surface area contributed by atoms with Gasteiger partial charge >= 0.3 is 0 Å². The number of amidine groups is 1. The van der Waals surface area contributed by atoms with Gasteiger partial charge in [-0.2, -0.15) is 0 Å². The summed E-state index contributed by atoms with van der Waals surface area (Å²) >= 11 is 0. The lowest BCUT2D eigenvalue weighted by Gasteiger charge is -1.96. The molecule has 1 aromatic rings. The highest BCUT2D eigenvalue weighted by molar-refractivity contribution is 5.95. The average molecular weight is 154 g/mol. The molecule has 0 atom stereocenters. The van der Waals surface area contributed by atoms with E-state index in [2.05, 4.69) is 15.6 Å². The summed E-state index contributed by atoms with van der Waals surface area (Å²) in [4.78, 5) is 3.84. The number of aryl methyl sites for hydroxylation is 1. The molecule has 0 aliphatic carbocycles. The van der Waals surface area contributed by atoms with Crippen LogP contribution in [0.1, 0.15) is 11.5 Å². The van der Waals surface area contributed by atoms with Gasteiger partial charge in [0.15, 0.2) is 5.84 Å². The van der Waals surface area contributed by atoms with Crippen LogP contribution in [0.3, 0.4) is 0 Å². The molecule has 3 N–H and O–H groups in total. The molecule has 11 heavy (non-hydrogen) atoms. The fraction of sp³-hybridized carbons (Fsp3) is 0.333. The molecule has 0 amide bonds. The predicted molar refractivity (Wildman–Crippen MR) is 41.0 cm³/mol. The van der Waals surface area contributed by atoms with Gasteiger partial charge in [0.2, 0.25) is 5.76 Å². The van der Waals surface area contributed by atoms with Crippen LogP contribution in [0.2, 0.25) is 0 Å². The van der Waals surface area contributed by atoms with Crippen molar-refractivity contribution in [1.29, 1.82) is 0 Å². The summed E-state index contributed by atoms with van der Waals surface area (Å²) in [5, 5.41) is 3.68. The van der Waals surface area contributed by atoms with Gasteiger partial charge in [-0.25, -0.2) is 5.84 Å². The van der Waals surface area contributed by atoms with Crippen molar-refractivity contribution in [3.05, 3.63) is 17.5 Å². The normalized spacial score (nSPS) is 11.7. The maximum absolute atomic E-state index is 5.16. The quantitative estimate of drug-likeness (QED) is 0.255. The first-order valence-electron chi connectivity index (χ1n) is 3.15. The lowest BCUT2D eigenvalue weighted by molar-refractivity contribution is 0.407. The average Bonchev–Trinajstić information content (AvgIpc) is 2.39. The Labute approximate surface area is 64.2 Å². The van der Waals surface area contributed by atoms with Crippen LogP contribution in [0.15, 0.2) is 15.6 Å². The van der Waals surface area contributed by atoms with E-state index in [1.165, 1.54) is 0 Å². The molecule has 0 aliphatic heterocycles. The molecule has 0 saturated heterocycles. The molecule has 0 spiro atoms. The van der Waals surface area contributed by atoms with Crippen LogP contribution in [0.25, 0.3) is 0 Å². The minimum atomic E-state index is 0.491. The zero-order chi connectivity index (χ0) is 8.27. The maximum Gasteiger partial charge on any atom is 0.202 e. The summed E-state index contributed by atoms with van der Waals surface area (Å²) in [6, 6.07) is 1.75. The number of rotatable bonds is 1. The van der Waals surface area contributed by atoms with E-state index in [9.17, 15) is 0 Å². The monoisotopic (exact) mass is 154 g/mol. The molecule has 0 saturated carbocycles. The van der Waals surface area contributed by atoms with Crippen LogP contribution >= 0.6 is 0 Å². The topological polar surface area (TPSA) is 76.4 Å². The third-order valence-electron chi connectivity index (χ3n) is 1.22. The van der Waals surface area contributed by atoms with Crippen molar-refractivity contribution in [1.82, 2.24) is 10.6 Å². The van der Waals surface area contributed by atoms with Crippen molar-refractivity contribution in [3.8, 4) is 0 Å². The summed E-state index contributed by atoms with van der Waals surface area (Å²) in [5.41, 5.74) is 3.20. The highest BCUT2D eigenvalue weighted by Gasteiger charge is 2.05. The molecule has 0 bridgehead atoms. The van der Waals surface area contributed by atoms with Crippen molar-refractivity contribution < 1.29 is 4.52 Å². The summed E-state index contributed by atoms with van der Waals surface area (Å²) in [5.74, 6) is 6.20. The number of hydrogen-bond acceptors (Lipinski definition) is 4. The third kappa shape index (κ3) is 1.56. The van der Waals surface area contributed by atoms with Gasteiger partial charge in [-0.05, 0) is 6.92 Å². The first-order valence-corrected chi connectivity index (χ1v) is 3.15. The van der Waals surface area contributed by atoms with E-state index in [0.717, 1.165) is 5.69 Å². The molecule has 0 unspecified atom stereocenters. The largest absolute Gasteiger partial charge is 0.353 e. The van der Waals surface area contributed by atoms with Gasteiger partial charge in [0, 0.05) is 13.1 Å². The van der Waals surface area contributed by atoms with E-state index < -0.39 is 0 Å². The van der Waals surface area contributed by atoms with Gasteiger partial charge in [-0.3, -0.25) is 4.99 Å². The van der Waals surface area contributed by atoms with E-state index >= 15 is 0 Å². The molecule has 0 radical (unpaired) electrons. The summed E-state index contributed by atoms with van der Waals surface area (Å²) in [6.07, 6.45) is 0. The van der Waals surface area contributed by atoms with E-state index in [4.69, 9.17) is 10.4 Å². The highest BCUT2D eigenvalue weighted by Crippen LogP contribution is 2.01. The van der Waals surface area contributed by atoms with Crippen molar-refractivity contribution >= 4 is 5.84 Å². The lowest BCUT2D eigenvalue weighted by atomic mass is 10.4. The number of aliphatic imine (C=N–C) groups is 1. The second kappa shape index (κ2) is 3.16. The van der Waals surface area contributed by atoms with Gasteiger partial charge in [0.1, 0.15) is 0 Å². The van der Waals surface area contributed by atoms with Gasteiger partial charge in [0.05, 0.1) is 5.69 Å². The van der Waals surface area contributed by atoms with Crippen LogP contribution in [-0.2, 0) is 0 Å². The van der Waals surface area contributed by atoms with Crippen molar-refractivity contribution in [3.63, 3.8) is 0 Å². The van der Waals surface area contributed by atoms with Crippen LogP contribution in [0.4, 0.5) is 0 Å². The van der Waals surface area contributed by atoms with Gasteiger partial charge in [-0.15, -0.1) is 0 Å². The molecule has 60 valence electrons. The number of nitrogens with two attached hydrogens (primary N) is 1. The summed E-state index contributed by atoms with van der Waals surface area (Å²) < 4.78 is 4.88. The maximum atomic E-state index is 5.16. The Morgan fingerprint density at radius 2 is 2.55 bits per heavy atom. The van der Waals surface area contributed by atoms with Crippen LogP contribution in [-0.4, -0.2) is 18.0 Å². The first-order chi connectivity index (χ1) is 5.27. The minimum absolute atomic E-state index is 0.491. The standard InChI is InChI=1S/C6H10N4O/c1-4-3-5(11-10-4)6(8-2)9-7/h3H,7H2,1-2H3,(H,8,9). The van der Waals surface area contributed by atoms with E-state index in [-0.39, 0.29) is 0 Å². The molecular weight excluding hydrogens is 144 g/mol. The highest BCUT2D eigenvalue weighted by atomic mass is 16.5. The predicted octanol–water partition coefficient (Wildman–Crippen LogP) is -0.177. The Bertz CT molecular complexity index is 265. The summed E-state index contributed by atoms with van der Waals surface area (Å²) in [7, 11) is 1.62. The van der Waals surface area contributed by atoms with E-state index in [1.54, 1.807) is 13.1 Å². The second-order valence-corrected chi connectivity index (χ2v) is 2.05. The molecule has 1 heterocycles. The molecule has 5 heteroatoms. The second-order valence-electron chi connectivity index (χ2n) is 2.05. The van der Waals surface area contributed by atoms with E-state index in [1.807, 2.05) is 6.92 Å². The Hall–Kier alpha value is -1.36. The minimum Gasteiger partial charge on any atom is -0.353 e. The number of nitrogens with one attached hydrogen (secondary N) is 1. The Balaban J connectivity index is 2.91. The third-order valence-corrected chi connectivity index (χ3v) is 1.22. The molecule has 0 aromatic carbocycles. The number of nitrogens with zero attached hydrogens (tertiary/aromatic N) is 2. The molecule has 5 nitrogen and oxygen atoms in total. The Kier molecular flexibility index (Phi) is 2.22. The zero-order valence-electron chi connectivity index (χ0n) is 6.46. The van der Waals surface area contributed by atoms with Gasteiger partial charge in [-0.1, -0.05) is 5.16 Å². The Morgan fingerprint density at radius 3 is 2.91 bits per heavy atom. The fourth-order valence-corrected chi connectivity index (χ4v) is 0.721.